The molecule has 3 aromatic carbocycles. The largest absolute Gasteiger partial charge is 0.497 e. The van der Waals surface area contributed by atoms with Crippen molar-refractivity contribution in [3.8, 4) is 5.75 Å². The SMILES string of the molecule is COc1ccc(CSC(CC(=O)O)(Cc2ccccc2)NC(=O)c2ccccc2)cc1. The monoisotopic (exact) mass is 435 g/mol. The van der Waals surface area contributed by atoms with Crippen LogP contribution in [0.2, 0.25) is 0 Å². The summed E-state index contributed by atoms with van der Waals surface area (Å²) < 4.78 is 5.21. The minimum Gasteiger partial charge on any atom is -0.497 e. The molecule has 1 amide bonds. The van der Waals surface area contributed by atoms with E-state index in [2.05, 4.69) is 5.32 Å². The summed E-state index contributed by atoms with van der Waals surface area (Å²) in [7, 11) is 1.61. The lowest BCUT2D eigenvalue weighted by Gasteiger charge is -2.33. The number of ether oxygens (including phenoxy) is 1. The van der Waals surface area contributed by atoms with E-state index in [4.69, 9.17) is 4.74 Å². The maximum Gasteiger partial charge on any atom is 0.306 e. The first-order chi connectivity index (χ1) is 15.0. The molecule has 0 aliphatic heterocycles. The lowest BCUT2D eigenvalue weighted by molar-refractivity contribution is -0.137. The highest BCUT2D eigenvalue weighted by Gasteiger charge is 2.36. The molecule has 0 saturated heterocycles. The number of carboxylic acids is 1. The van der Waals surface area contributed by atoms with E-state index in [1.165, 1.54) is 11.8 Å². The normalized spacial score (nSPS) is 12.5. The van der Waals surface area contributed by atoms with Crippen LogP contribution in [0.5, 0.6) is 5.75 Å². The summed E-state index contributed by atoms with van der Waals surface area (Å²) in [5.74, 6) is 0.0397. The Morgan fingerprint density at radius 2 is 1.52 bits per heavy atom. The molecule has 0 radical (unpaired) electrons. The van der Waals surface area contributed by atoms with E-state index >= 15 is 0 Å². The van der Waals surface area contributed by atoms with E-state index in [0.29, 0.717) is 17.7 Å². The standard InChI is InChI=1S/C25H25NO4S/c1-30-22-14-12-20(13-15-22)18-31-25(17-23(27)28,16-19-8-4-2-5-9-19)26-24(29)21-10-6-3-7-11-21/h2-15H,16-18H2,1H3,(H,26,29)(H,27,28). The molecule has 0 spiro atoms. The first-order valence-electron chi connectivity index (χ1n) is 9.90. The second kappa shape index (κ2) is 10.7. The third-order valence-corrected chi connectivity index (χ3v) is 6.24. The molecule has 31 heavy (non-hydrogen) atoms. The molecule has 0 fully saturated rings. The van der Waals surface area contributed by atoms with E-state index < -0.39 is 10.8 Å². The second-order valence-electron chi connectivity index (χ2n) is 7.18. The summed E-state index contributed by atoms with van der Waals surface area (Å²) in [5.41, 5.74) is 2.47. The predicted molar refractivity (Wildman–Crippen MR) is 123 cm³/mol. The van der Waals surface area contributed by atoms with Gasteiger partial charge in [-0.05, 0) is 35.4 Å². The Morgan fingerprint density at radius 3 is 2.10 bits per heavy atom. The van der Waals surface area contributed by atoms with E-state index in [0.717, 1.165) is 16.9 Å². The molecule has 5 nitrogen and oxygen atoms in total. The molecule has 0 aliphatic carbocycles. The van der Waals surface area contributed by atoms with E-state index in [1.54, 1.807) is 31.4 Å². The minimum atomic E-state index is -1.01. The number of carbonyl (C=O) groups excluding carboxylic acids is 1. The first kappa shape index (κ1) is 22.4. The molecule has 0 saturated carbocycles. The summed E-state index contributed by atoms with van der Waals surface area (Å²) in [6, 6.07) is 26.1. The smallest absolute Gasteiger partial charge is 0.306 e. The molecule has 1 atom stereocenters. The zero-order valence-corrected chi connectivity index (χ0v) is 18.1. The van der Waals surface area contributed by atoms with Crippen LogP contribution in [0.1, 0.15) is 27.9 Å². The van der Waals surface area contributed by atoms with Crippen LogP contribution in [0.4, 0.5) is 0 Å². The van der Waals surface area contributed by atoms with Gasteiger partial charge in [0.05, 0.1) is 13.5 Å². The average molecular weight is 436 g/mol. The molecule has 0 heterocycles. The number of benzene rings is 3. The molecule has 160 valence electrons. The van der Waals surface area contributed by atoms with Crippen molar-refractivity contribution in [2.24, 2.45) is 0 Å². The fourth-order valence-corrected chi connectivity index (χ4v) is 4.57. The third-order valence-electron chi connectivity index (χ3n) is 4.82. The molecule has 0 bridgehead atoms. The zero-order chi connectivity index (χ0) is 22.1. The number of nitrogens with one attached hydrogen (secondary N) is 1. The van der Waals surface area contributed by atoms with Crippen molar-refractivity contribution < 1.29 is 19.4 Å². The van der Waals surface area contributed by atoms with Gasteiger partial charge in [-0.2, -0.15) is 0 Å². The first-order valence-corrected chi connectivity index (χ1v) is 10.9. The number of aliphatic carboxylic acids is 1. The molecule has 6 heteroatoms. The topological polar surface area (TPSA) is 75.6 Å². The number of rotatable bonds is 10. The summed E-state index contributed by atoms with van der Waals surface area (Å²) in [6.45, 7) is 0. The Balaban J connectivity index is 1.89. The van der Waals surface area contributed by atoms with E-state index in [1.807, 2.05) is 60.7 Å². The minimum absolute atomic E-state index is 0.207. The van der Waals surface area contributed by atoms with Crippen LogP contribution in [0.25, 0.3) is 0 Å². The number of carboxylic acid groups (broad SMARTS) is 1. The number of carbonyl (C=O) groups is 2. The second-order valence-corrected chi connectivity index (χ2v) is 8.54. The van der Waals surface area contributed by atoms with Crippen molar-refractivity contribution in [3.63, 3.8) is 0 Å². The highest BCUT2D eigenvalue weighted by Crippen LogP contribution is 2.34. The number of hydrogen-bond donors (Lipinski definition) is 2. The van der Waals surface area contributed by atoms with Crippen LogP contribution in [-0.4, -0.2) is 29.0 Å². The molecular formula is C25H25NO4S. The summed E-state index contributed by atoms with van der Waals surface area (Å²) >= 11 is 1.43. The van der Waals surface area contributed by atoms with Crippen molar-refractivity contribution >= 4 is 23.6 Å². The molecule has 1 unspecified atom stereocenters. The molecule has 2 N–H and O–H groups in total. The van der Waals surface area contributed by atoms with Gasteiger partial charge in [-0.3, -0.25) is 9.59 Å². The number of thioether (sulfide) groups is 1. The Morgan fingerprint density at radius 1 is 0.903 bits per heavy atom. The van der Waals surface area contributed by atoms with Crippen molar-refractivity contribution in [2.75, 3.05) is 7.11 Å². The molecule has 3 rings (SSSR count). The molecule has 0 aromatic heterocycles. The van der Waals surface area contributed by atoms with Gasteiger partial charge in [0, 0.05) is 17.7 Å². The maximum atomic E-state index is 13.0. The lowest BCUT2D eigenvalue weighted by Crippen LogP contribution is -2.49. The Bertz CT molecular complexity index is 993. The van der Waals surface area contributed by atoms with Crippen LogP contribution >= 0.6 is 11.8 Å². The number of hydrogen-bond acceptors (Lipinski definition) is 4. The van der Waals surface area contributed by atoms with Gasteiger partial charge in [0.2, 0.25) is 0 Å². The highest BCUT2D eigenvalue weighted by molar-refractivity contribution is 7.99. The number of methoxy groups -OCH3 is 1. The molecular weight excluding hydrogens is 410 g/mol. The predicted octanol–water partition coefficient (Wildman–Crippen LogP) is 4.77. The summed E-state index contributed by atoms with van der Waals surface area (Å²) in [6.07, 6.45) is 0.181. The zero-order valence-electron chi connectivity index (χ0n) is 17.3. The van der Waals surface area contributed by atoms with Crippen LogP contribution < -0.4 is 10.1 Å². The third kappa shape index (κ3) is 6.62. The summed E-state index contributed by atoms with van der Waals surface area (Å²) in [5, 5.41) is 12.7. The van der Waals surface area contributed by atoms with Gasteiger partial charge < -0.3 is 15.2 Å². The van der Waals surface area contributed by atoms with Crippen LogP contribution in [0.3, 0.4) is 0 Å². The molecule has 3 aromatic rings. The lowest BCUT2D eigenvalue weighted by atomic mass is 10.0. The molecule has 0 aliphatic rings. The fraction of sp³-hybridized carbons (Fsp3) is 0.200. The Hall–Kier alpha value is -3.25. The van der Waals surface area contributed by atoms with Crippen LogP contribution in [-0.2, 0) is 17.0 Å². The Kier molecular flexibility index (Phi) is 7.73. The van der Waals surface area contributed by atoms with Gasteiger partial charge in [-0.15, -0.1) is 11.8 Å². The van der Waals surface area contributed by atoms with Crippen LogP contribution in [0, 0.1) is 0 Å². The van der Waals surface area contributed by atoms with Gasteiger partial charge in [-0.25, -0.2) is 0 Å². The van der Waals surface area contributed by atoms with Crippen molar-refractivity contribution in [1.82, 2.24) is 5.32 Å². The quantitative estimate of drug-likeness (QED) is 0.449. The van der Waals surface area contributed by atoms with Crippen molar-refractivity contribution in [1.29, 1.82) is 0 Å². The van der Waals surface area contributed by atoms with E-state index in [-0.39, 0.29) is 12.3 Å². The Labute approximate surface area is 186 Å². The van der Waals surface area contributed by atoms with Gasteiger partial charge in [0.25, 0.3) is 5.91 Å². The maximum absolute atomic E-state index is 13.0. The fourth-order valence-electron chi connectivity index (χ4n) is 3.27. The average Bonchev–Trinajstić information content (AvgIpc) is 2.79. The van der Waals surface area contributed by atoms with Crippen molar-refractivity contribution in [3.05, 3.63) is 102 Å². The van der Waals surface area contributed by atoms with Gasteiger partial charge in [0.15, 0.2) is 0 Å². The van der Waals surface area contributed by atoms with E-state index in [9.17, 15) is 14.7 Å². The van der Waals surface area contributed by atoms with Gasteiger partial charge in [-0.1, -0.05) is 60.7 Å². The van der Waals surface area contributed by atoms with Gasteiger partial charge in [0.1, 0.15) is 10.6 Å². The van der Waals surface area contributed by atoms with Crippen molar-refractivity contribution in [2.45, 2.75) is 23.5 Å². The summed E-state index contributed by atoms with van der Waals surface area (Å²) in [4.78, 5) is 23.8. The van der Waals surface area contributed by atoms with Crippen LogP contribution in [0.15, 0.2) is 84.9 Å². The highest BCUT2D eigenvalue weighted by atomic mass is 32.2. The number of amides is 1. The van der Waals surface area contributed by atoms with Gasteiger partial charge >= 0.3 is 5.97 Å².